The molecule has 0 heterocycles. The second-order valence-electron chi connectivity index (χ2n) is 6.94. The maximum Gasteiger partial charge on any atom is 0.118 e. The van der Waals surface area contributed by atoms with Crippen molar-refractivity contribution in [2.45, 2.75) is 0 Å². The van der Waals surface area contributed by atoms with Crippen molar-refractivity contribution in [2.75, 3.05) is 7.11 Å². The molecule has 0 spiro atoms. The van der Waals surface area contributed by atoms with E-state index in [1.54, 1.807) is 7.11 Å². The summed E-state index contributed by atoms with van der Waals surface area (Å²) in [6, 6.07) is 36.4. The van der Waals surface area contributed by atoms with E-state index in [1.165, 1.54) is 44.5 Å². The molecule has 0 fully saturated rings. The molecule has 0 saturated heterocycles. The fourth-order valence-electron chi connectivity index (χ4n) is 4.10. The highest BCUT2D eigenvalue weighted by Gasteiger charge is 2.26. The van der Waals surface area contributed by atoms with Crippen molar-refractivity contribution >= 4 is 11.1 Å². The zero-order valence-electron chi connectivity index (χ0n) is 15.7. The molecule has 0 saturated carbocycles. The molecular weight excluding hydrogens is 340 g/mol. The zero-order valence-corrected chi connectivity index (χ0v) is 15.7. The Balaban J connectivity index is 1.87. The highest BCUT2D eigenvalue weighted by molar-refractivity contribution is 6.13. The summed E-state index contributed by atoms with van der Waals surface area (Å²) >= 11 is 0. The molecule has 0 radical (unpaired) electrons. The molecule has 0 unspecified atom stereocenters. The van der Waals surface area contributed by atoms with Gasteiger partial charge in [-0.1, -0.05) is 91.0 Å². The van der Waals surface area contributed by atoms with Crippen LogP contribution in [0.5, 0.6) is 5.75 Å². The smallest absolute Gasteiger partial charge is 0.118 e. The first-order valence-corrected chi connectivity index (χ1v) is 9.50. The summed E-state index contributed by atoms with van der Waals surface area (Å²) in [5.41, 5.74) is 10.1. The van der Waals surface area contributed by atoms with Crippen LogP contribution in [0.25, 0.3) is 22.3 Å². The van der Waals surface area contributed by atoms with Gasteiger partial charge in [0, 0.05) is 0 Å². The zero-order chi connectivity index (χ0) is 18.9. The minimum absolute atomic E-state index is 0.869. The highest BCUT2D eigenvalue weighted by atomic mass is 16.5. The fourth-order valence-corrected chi connectivity index (χ4v) is 4.10. The lowest BCUT2D eigenvalue weighted by atomic mass is 9.88. The number of fused-ring (bicyclic) bond motifs is 3. The number of ether oxygens (including phenoxy) is 1. The average molecular weight is 360 g/mol. The third-order valence-electron chi connectivity index (χ3n) is 5.37. The number of hydrogen-bond acceptors (Lipinski definition) is 1. The monoisotopic (exact) mass is 360 g/mol. The predicted molar refractivity (Wildman–Crippen MR) is 116 cm³/mol. The summed E-state index contributed by atoms with van der Waals surface area (Å²) in [5, 5.41) is 0. The van der Waals surface area contributed by atoms with Crippen LogP contribution in [0, 0.1) is 0 Å². The summed E-state index contributed by atoms with van der Waals surface area (Å²) in [6.45, 7) is 0. The van der Waals surface area contributed by atoms with Gasteiger partial charge >= 0.3 is 0 Å². The molecule has 1 heteroatoms. The summed E-state index contributed by atoms with van der Waals surface area (Å²) in [7, 11) is 1.70. The minimum Gasteiger partial charge on any atom is -0.497 e. The van der Waals surface area contributed by atoms with Crippen LogP contribution < -0.4 is 4.74 Å². The lowest BCUT2D eigenvalue weighted by molar-refractivity contribution is 0.415. The fraction of sp³-hybridized carbons (Fsp3) is 0.0370. The molecule has 4 aromatic rings. The summed E-state index contributed by atoms with van der Waals surface area (Å²) in [5.74, 6) is 0.869. The standard InChI is InChI=1S/C27H20O/c1-28-21-17-15-20(16-18-21)26(19-9-3-2-4-10-19)27-24-13-7-5-11-22(24)23-12-6-8-14-25(23)27/h2-18H,1H3. The Morgan fingerprint density at radius 2 is 0.964 bits per heavy atom. The Morgan fingerprint density at radius 3 is 1.50 bits per heavy atom. The molecule has 0 N–H and O–H groups in total. The maximum absolute atomic E-state index is 5.38. The largest absolute Gasteiger partial charge is 0.497 e. The quantitative estimate of drug-likeness (QED) is 0.348. The molecule has 4 aromatic carbocycles. The Kier molecular flexibility index (Phi) is 4.06. The molecule has 0 atom stereocenters. The Morgan fingerprint density at radius 1 is 0.500 bits per heavy atom. The first-order valence-electron chi connectivity index (χ1n) is 9.50. The van der Waals surface area contributed by atoms with E-state index in [0.717, 1.165) is 5.75 Å². The molecule has 0 bridgehead atoms. The maximum atomic E-state index is 5.38. The van der Waals surface area contributed by atoms with Gasteiger partial charge in [-0.15, -0.1) is 0 Å². The van der Waals surface area contributed by atoms with E-state index in [2.05, 4.69) is 91.0 Å². The Hall–Kier alpha value is -3.58. The lowest BCUT2D eigenvalue weighted by Gasteiger charge is -2.15. The van der Waals surface area contributed by atoms with Crippen LogP contribution in [-0.4, -0.2) is 7.11 Å². The SMILES string of the molecule is COc1ccc(C(=C2c3ccccc3-c3ccccc32)c2ccccc2)cc1. The van der Waals surface area contributed by atoms with Crippen LogP contribution in [0.3, 0.4) is 0 Å². The molecular formula is C27H20O. The van der Waals surface area contributed by atoms with Gasteiger partial charge < -0.3 is 4.74 Å². The first-order chi connectivity index (χ1) is 13.9. The molecule has 0 aliphatic heterocycles. The lowest BCUT2D eigenvalue weighted by Crippen LogP contribution is -1.95. The molecule has 5 rings (SSSR count). The van der Waals surface area contributed by atoms with E-state index < -0.39 is 0 Å². The number of hydrogen-bond donors (Lipinski definition) is 0. The molecule has 28 heavy (non-hydrogen) atoms. The van der Waals surface area contributed by atoms with Gasteiger partial charge in [-0.25, -0.2) is 0 Å². The van der Waals surface area contributed by atoms with Gasteiger partial charge in [0.25, 0.3) is 0 Å². The van der Waals surface area contributed by atoms with Crippen LogP contribution in [-0.2, 0) is 0 Å². The van der Waals surface area contributed by atoms with Crippen LogP contribution in [0.4, 0.5) is 0 Å². The predicted octanol–water partition coefficient (Wildman–Crippen LogP) is 6.68. The molecule has 0 amide bonds. The summed E-state index contributed by atoms with van der Waals surface area (Å²) in [6.07, 6.45) is 0. The third kappa shape index (κ3) is 2.64. The van der Waals surface area contributed by atoms with Crippen LogP contribution in [0.2, 0.25) is 0 Å². The van der Waals surface area contributed by atoms with Crippen molar-refractivity contribution in [1.29, 1.82) is 0 Å². The first kappa shape index (κ1) is 16.6. The van der Waals surface area contributed by atoms with E-state index in [4.69, 9.17) is 4.74 Å². The van der Waals surface area contributed by atoms with Gasteiger partial charge in [0.1, 0.15) is 5.75 Å². The average Bonchev–Trinajstić information content (AvgIpc) is 3.10. The topological polar surface area (TPSA) is 9.23 Å². The van der Waals surface area contributed by atoms with Crippen molar-refractivity contribution < 1.29 is 4.74 Å². The van der Waals surface area contributed by atoms with Crippen molar-refractivity contribution in [2.24, 2.45) is 0 Å². The molecule has 1 aliphatic carbocycles. The van der Waals surface area contributed by atoms with Crippen molar-refractivity contribution in [1.82, 2.24) is 0 Å². The molecule has 134 valence electrons. The summed E-state index contributed by atoms with van der Waals surface area (Å²) < 4.78 is 5.38. The van der Waals surface area contributed by atoms with Gasteiger partial charge in [0.05, 0.1) is 7.11 Å². The van der Waals surface area contributed by atoms with Gasteiger partial charge in [0.2, 0.25) is 0 Å². The van der Waals surface area contributed by atoms with E-state index in [0.29, 0.717) is 0 Å². The summed E-state index contributed by atoms with van der Waals surface area (Å²) in [4.78, 5) is 0. The Labute approximate surface area is 165 Å². The number of rotatable bonds is 3. The van der Waals surface area contributed by atoms with E-state index in [-0.39, 0.29) is 0 Å². The molecule has 1 nitrogen and oxygen atoms in total. The van der Waals surface area contributed by atoms with E-state index in [9.17, 15) is 0 Å². The number of methoxy groups -OCH3 is 1. The normalized spacial score (nSPS) is 11.7. The second-order valence-corrected chi connectivity index (χ2v) is 6.94. The van der Waals surface area contributed by atoms with Crippen LogP contribution in [0.15, 0.2) is 103 Å². The van der Waals surface area contributed by atoms with Crippen molar-refractivity contribution in [3.05, 3.63) is 125 Å². The molecule has 0 aromatic heterocycles. The van der Waals surface area contributed by atoms with Crippen LogP contribution >= 0.6 is 0 Å². The second kappa shape index (κ2) is 6.86. The highest BCUT2D eigenvalue weighted by Crippen LogP contribution is 2.48. The third-order valence-corrected chi connectivity index (χ3v) is 5.37. The molecule has 1 aliphatic rings. The van der Waals surface area contributed by atoms with E-state index in [1.807, 2.05) is 12.1 Å². The van der Waals surface area contributed by atoms with E-state index >= 15 is 0 Å². The van der Waals surface area contributed by atoms with Crippen molar-refractivity contribution in [3.8, 4) is 16.9 Å². The van der Waals surface area contributed by atoms with Gasteiger partial charge in [-0.3, -0.25) is 0 Å². The van der Waals surface area contributed by atoms with Crippen molar-refractivity contribution in [3.63, 3.8) is 0 Å². The van der Waals surface area contributed by atoms with Crippen LogP contribution in [0.1, 0.15) is 22.3 Å². The van der Waals surface area contributed by atoms with Gasteiger partial charge in [0.15, 0.2) is 0 Å². The Bertz CT molecular complexity index is 1120. The number of benzene rings is 4. The van der Waals surface area contributed by atoms with Gasteiger partial charge in [-0.2, -0.15) is 0 Å². The minimum atomic E-state index is 0.869. The van der Waals surface area contributed by atoms with Gasteiger partial charge in [-0.05, 0) is 56.7 Å².